The molecule has 5 nitrogen and oxygen atoms in total. The van der Waals surface area contributed by atoms with Crippen molar-refractivity contribution in [1.29, 1.82) is 0 Å². The number of hydrogen-bond donors (Lipinski definition) is 2. The Bertz CT molecular complexity index is 917. The lowest BCUT2D eigenvalue weighted by molar-refractivity contribution is 0.221. The van der Waals surface area contributed by atoms with Crippen LogP contribution in [-0.2, 0) is 6.73 Å². The Labute approximate surface area is 174 Å². The van der Waals surface area contributed by atoms with Crippen molar-refractivity contribution in [3.8, 4) is 5.75 Å². The molecule has 0 saturated carbocycles. The van der Waals surface area contributed by atoms with E-state index >= 15 is 0 Å². The number of rotatable bonds is 5. The van der Waals surface area contributed by atoms with E-state index in [0.29, 0.717) is 20.8 Å². The van der Waals surface area contributed by atoms with E-state index in [1.54, 1.807) is 35.3 Å². The van der Waals surface area contributed by atoms with E-state index in [1.165, 1.54) is 0 Å². The molecule has 3 aromatic rings. The zero-order valence-electron chi connectivity index (χ0n) is 13.2. The minimum absolute atomic E-state index is 0.284. The number of halogens is 3. The average Bonchev–Trinajstić information content (AvgIpc) is 3.04. The quantitative estimate of drug-likeness (QED) is 0.460. The molecule has 3 rings (SSSR count). The second-order valence-corrected chi connectivity index (χ2v) is 7.37. The minimum atomic E-state index is 0.284. The maximum absolute atomic E-state index is 6.12. The molecule has 0 atom stereocenters. The average molecular weight is 472 g/mol. The minimum Gasteiger partial charge on any atom is -0.471 e. The van der Waals surface area contributed by atoms with Gasteiger partial charge in [0.25, 0.3) is 0 Å². The molecule has 0 saturated heterocycles. The number of thiocarbonyl (C=S) groups is 1. The molecule has 26 heavy (non-hydrogen) atoms. The number of nitrogens with zero attached hydrogens (tertiary/aromatic N) is 2. The van der Waals surface area contributed by atoms with Gasteiger partial charge in [0, 0.05) is 9.50 Å². The van der Waals surface area contributed by atoms with Gasteiger partial charge in [-0.25, -0.2) is 4.68 Å². The van der Waals surface area contributed by atoms with E-state index in [-0.39, 0.29) is 6.73 Å². The summed E-state index contributed by atoms with van der Waals surface area (Å²) in [5.41, 5.74) is 1.39. The van der Waals surface area contributed by atoms with Crippen LogP contribution in [0.5, 0.6) is 5.75 Å². The lowest BCUT2D eigenvalue weighted by atomic mass is 10.3. The highest BCUT2D eigenvalue weighted by atomic mass is 79.9. The predicted octanol–water partition coefficient (Wildman–Crippen LogP) is 5.80. The van der Waals surface area contributed by atoms with Crippen molar-refractivity contribution in [2.45, 2.75) is 6.73 Å². The lowest BCUT2D eigenvalue weighted by Gasteiger charge is -2.10. The Morgan fingerprint density at radius 3 is 2.65 bits per heavy atom. The first-order valence-corrected chi connectivity index (χ1v) is 9.39. The van der Waals surface area contributed by atoms with Crippen LogP contribution < -0.4 is 15.4 Å². The highest BCUT2D eigenvalue weighted by Gasteiger charge is 2.06. The summed E-state index contributed by atoms with van der Waals surface area (Å²) in [6.45, 7) is 0.284. The fourth-order valence-corrected chi connectivity index (χ4v) is 2.99. The van der Waals surface area contributed by atoms with Crippen LogP contribution in [0.25, 0.3) is 0 Å². The smallest absolute Gasteiger partial charge is 0.180 e. The Morgan fingerprint density at radius 2 is 1.92 bits per heavy atom. The summed E-state index contributed by atoms with van der Waals surface area (Å²) in [5, 5.41) is 11.7. The van der Waals surface area contributed by atoms with Gasteiger partial charge in [0.1, 0.15) is 5.75 Å². The SMILES string of the molecule is S=C(Nc1cnn(COc2ccc(Br)cc2)c1)Nc1ccc(Cl)cc1Cl. The van der Waals surface area contributed by atoms with E-state index in [0.717, 1.165) is 15.9 Å². The van der Waals surface area contributed by atoms with Gasteiger partial charge in [-0.15, -0.1) is 0 Å². The molecule has 2 N–H and O–H groups in total. The third kappa shape index (κ3) is 5.35. The summed E-state index contributed by atoms with van der Waals surface area (Å²) in [6, 6.07) is 12.7. The van der Waals surface area contributed by atoms with E-state index in [9.17, 15) is 0 Å². The van der Waals surface area contributed by atoms with Crippen LogP contribution in [0, 0.1) is 0 Å². The van der Waals surface area contributed by atoms with Crippen molar-refractivity contribution in [2.24, 2.45) is 0 Å². The number of anilines is 2. The van der Waals surface area contributed by atoms with Crippen molar-refractivity contribution in [1.82, 2.24) is 9.78 Å². The fourth-order valence-electron chi connectivity index (χ4n) is 2.05. The van der Waals surface area contributed by atoms with Gasteiger partial charge in [0.2, 0.25) is 0 Å². The summed E-state index contributed by atoms with van der Waals surface area (Å²) >= 11 is 20.7. The largest absolute Gasteiger partial charge is 0.471 e. The van der Waals surface area contributed by atoms with Gasteiger partial charge in [-0.1, -0.05) is 39.1 Å². The van der Waals surface area contributed by atoms with Crippen LogP contribution in [0.2, 0.25) is 10.0 Å². The molecule has 0 spiro atoms. The summed E-state index contributed by atoms with van der Waals surface area (Å²) in [7, 11) is 0. The molecular weight excluding hydrogens is 459 g/mol. The molecule has 0 aliphatic rings. The van der Waals surface area contributed by atoms with Crippen LogP contribution in [0.1, 0.15) is 0 Å². The third-order valence-electron chi connectivity index (χ3n) is 3.25. The standard InChI is InChI=1S/C17H13BrCl2N4OS/c18-11-1-4-14(5-2-11)25-10-24-9-13(8-21-24)22-17(26)23-16-6-3-12(19)7-15(16)20/h1-9H,10H2,(H2,22,23,26). The van der Waals surface area contributed by atoms with Gasteiger partial charge < -0.3 is 15.4 Å². The molecule has 0 fully saturated rings. The highest BCUT2D eigenvalue weighted by Crippen LogP contribution is 2.25. The number of benzene rings is 2. The highest BCUT2D eigenvalue weighted by molar-refractivity contribution is 9.10. The Kier molecular flexibility index (Phi) is 6.37. The van der Waals surface area contributed by atoms with E-state index < -0.39 is 0 Å². The zero-order chi connectivity index (χ0) is 18.5. The van der Waals surface area contributed by atoms with E-state index in [1.807, 2.05) is 24.3 Å². The summed E-state index contributed by atoms with van der Waals surface area (Å²) < 4.78 is 8.31. The van der Waals surface area contributed by atoms with Gasteiger partial charge in [-0.2, -0.15) is 5.10 Å². The fraction of sp³-hybridized carbons (Fsp3) is 0.0588. The second kappa shape index (κ2) is 8.73. The molecule has 1 heterocycles. The van der Waals surface area contributed by atoms with Crippen LogP contribution in [0.4, 0.5) is 11.4 Å². The van der Waals surface area contributed by atoms with Crippen LogP contribution in [-0.4, -0.2) is 14.9 Å². The number of nitrogens with one attached hydrogen (secondary N) is 2. The first kappa shape index (κ1) is 19.0. The molecule has 2 aromatic carbocycles. The van der Waals surface area contributed by atoms with Crippen molar-refractivity contribution in [3.05, 3.63) is 69.4 Å². The Balaban J connectivity index is 1.54. The van der Waals surface area contributed by atoms with Crippen molar-refractivity contribution < 1.29 is 4.74 Å². The van der Waals surface area contributed by atoms with Gasteiger partial charge in [0.15, 0.2) is 11.8 Å². The lowest BCUT2D eigenvalue weighted by Crippen LogP contribution is -2.19. The molecular formula is C17H13BrCl2N4OS. The normalized spacial score (nSPS) is 10.4. The maximum atomic E-state index is 6.12. The monoisotopic (exact) mass is 470 g/mol. The van der Waals surface area contributed by atoms with Crippen molar-refractivity contribution in [2.75, 3.05) is 10.6 Å². The summed E-state index contributed by atoms with van der Waals surface area (Å²) in [4.78, 5) is 0. The molecule has 0 bridgehead atoms. The molecule has 0 unspecified atom stereocenters. The molecule has 0 amide bonds. The Hall–Kier alpha value is -1.80. The molecule has 0 aliphatic carbocycles. The summed E-state index contributed by atoms with van der Waals surface area (Å²) in [5.74, 6) is 0.757. The second-order valence-electron chi connectivity index (χ2n) is 5.20. The summed E-state index contributed by atoms with van der Waals surface area (Å²) in [6.07, 6.45) is 3.44. The van der Waals surface area contributed by atoms with Crippen molar-refractivity contribution in [3.63, 3.8) is 0 Å². The van der Waals surface area contributed by atoms with Crippen LogP contribution in [0.15, 0.2) is 59.3 Å². The van der Waals surface area contributed by atoms with Gasteiger partial charge >= 0.3 is 0 Å². The van der Waals surface area contributed by atoms with E-state index in [2.05, 4.69) is 31.7 Å². The molecule has 0 aliphatic heterocycles. The molecule has 0 radical (unpaired) electrons. The zero-order valence-corrected chi connectivity index (χ0v) is 17.2. The van der Waals surface area contributed by atoms with Gasteiger partial charge in [-0.05, 0) is 54.7 Å². The van der Waals surface area contributed by atoms with Crippen molar-refractivity contribution >= 4 is 67.8 Å². The van der Waals surface area contributed by atoms with Gasteiger partial charge in [0.05, 0.1) is 28.8 Å². The van der Waals surface area contributed by atoms with E-state index in [4.69, 9.17) is 40.2 Å². The predicted molar refractivity (Wildman–Crippen MR) is 113 cm³/mol. The topological polar surface area (TPSA) is 51.1 Å². The Morgan fingerprint density at radius 1 is 1.15 bits per heavy atom. The first-order valence-electron chi connectivity index (χ1n) is 7.43. The number of ether oxygens (including phenoxy) is 1. The molecule has 1 aromatic heterocycles. The van der Waals surface area contributed by atoms with Crippen LogP contribution >= 0.6 is 51.3 Å². The maximum Gasteiger partial charge on any atom is 0.180 e. The molecule has 9 heteroatoms. The first-order chi connectivity index (χ1) is 12.5. The van der Waals surface area contributed by atoms with Gasteiger partial charge in [-0.3, -0.25) is 0 Å². The number of aromatic nitrogens is 2. The third-order valence-corrected chi connectivity index (χ3v) is 4.53. The number of hydrogen-bond acceptors (Lipinski definition) is 3. The van der Waals surface area contributed by atoms with Crippen LogP contribution in [0.3, 0.4) is 0 Å². The molecule has 134 valence electrons.